The predicted octanol–water partition coefficient (Wildman–Crippen LogP) is 5.17. The largest absolute Gasteiger partial charge is 0.393 e. The van der Waals surface area contributed by atoms with Crippen molar-refractivity contribution < 1.29 is 10.2 Å². The van der Waals surface area contributed by atoms with Gasteiger partial charge in [0.2, 0.25) is 0 Å². The number of halogens is 1. The van der Waals surface area contributed by atoms with Gasteiger partial charge in [-0.25, -0.2) is 0 Å². The fourth-order valence-electron chi connectivity index (χ4n) is 7.74. The predicted molar refractivity (Wildman–Crippen MR) is 110 cm³/mol. The first-order valence-electron chi connectivity index (χ1n) is 10.5. The molecule has 0 bridgehead atoms. The molecule has 2 nitrogen and oxygen atoms in total. The summed E-state index contributed by atoms with van der Waals surface area (Å²) in [5.41, 5.74) is 0.118. The van der Waals surface area contributed by atoms with Crippen LogP contribution in [-0.4, -0.2) is 22.4 Å². The first-order chi connectivity index (χ1) is 11.8. The summed E-state index contributed by atoms with van der Waals surface area (Å²) < 4.78 is 1.29. The first kappa shape index (κ1) is 18.7. The molecule has 4 aliphatic rings. The summed E-state index contributed by atoms with van der Waals surface area (Å²) in [5.74, 6) is 5.01. The maximum Gasteiger partial charge on any atom is 0.0596 e. The minimum absolute atomic E-state index is 0.0598. The second-order valence-corrected chi connectivity index (χ2v) is 11.4. The van der Waals surface area contributed by atoms with Crippen molar-refractivity contribution >= 4 is 22.6 Å². The monoisotopic (exact) mass is 458 g/mol. The molecule has 4 fully saturated rings. The fraction of sp³-hybridized carbons (Fsp3) is 0.909. The van der Waals surface area contributed by atoms with Gasteiger partial charge in [-0.2, -0.15) is 0 Å². The van der Waals surface area contributed by atoms with Crippen molar-refractivity contribution in [2.75, 3.05) is 0 Å². The zero-order valence-corrected chi connectivity index (χ0v) is 18.0. The van der Waals surface area contributed by atoms with Crippen molar-refractivity contribution in [1.82, 2.24) is 0 Å². The molecule has 0 aromatic heterocycles. The molecule has 4 saturated carbocycles. The van der Waals surface area contributed by atoms with Crippen molar-refractivity contribution in [1.29, 1.82) is 0 Å². The van der Waals surface area contributed by atoms with Gasteiger partial charge in [0.05, 0.1) is 12.2 Å². The highest BCUT2D eigenvalue weighted by Crippen LogP contribution is 2.65. The molecule has 4 rings (SSSR count). The van der Waals surface area contributed by atoms with Gasteiger partial charge < -0.3 is 10.2 Å². The molecule has 142 valence electrons. The van der Waals surface area contributed by atoms with Crippen molar-refractivity contribution in [3.05, 3.63) is 10.2 Å². The van der Waals surface area contributed by atoms with Crippen molar-refractivity contribution in [3.8, 4) is 0 Å². The van der Waals surface area contributed by atoms with Crippen LogP contribution in [0.15, 0.2) is 10.2 Å². The maximum atomic E-state index is 10.8. The van der Waals surface area contributed by atoms with Gasteiger partial charge >= 0.3 is 0 Å². The Labute approximate surface area is 167 Å². The van der Waals surface area contributed by atoms with E-state index in [4.69, 9.17) is 0 Å². The number of aliphatic hydroxyl groups excluding tert-OH is 2. The summed E-state index contributed by atoms with van der Waals surface area (Å²) in [7, 11) is 0. The van der Waals surface area contributed by atoms with E-state index in [1.165, 1.54) is 35.7 Å². The lowest BCUT2D eigenvalue weighted by atomic mass is 9.46. The van der Waals surface area contributed by atoms with Gasteiger partial charge in [-0.3, -0.25) is 0 Å². The lowest BCUT2D eigenvalue weighted by Gasteiger charge is -2.59. The lowest BCUT2D eigenvalue weighted by molar-refractivity contribution is -0.128. The van der Waals surface area contributed by atoms with Crippen molar-refractivity contribution in [2.45, 2.75) is 77.4 Å². The fourth-order valence-corrected chi connectivity index (χ4v) is 8.20. The van der Waals surface area contributed by atoms with Gasteiger partial charge in [-0.15, -0.1) is 0 Å². The molecule has 25 heavy (non-hydrogen) atoms. The molecule has 3 heteroatoms. The Kier molecular flexibility index (Phi) is 5.08. The van der Waals surface area contributed by atoms with Gasteiger partial charge in [0.25, 0.3) is 0 Å². The van der Waals surface area contributed by atoms with Crippen LogP contribution in [0.1, 0.15) is 65.2 Å². The number of fused-ring (bicyclic) bond motifs is 5. The third-order valence-corrected chi connectivity index (χ3v) is 10.0. The van der Waals surface area contributed by atoms with Gasteiger partial charge in [0.1, 0.15) is 0 Å². The second-order valence-electron chi connectivity index (χ2n) is 10.0. The Balaban J connectivity index is 1.70. The standard InChI is InChI=1S/C22H35IO2/c1-12(13(2)23)18-11-22(3)19(8-9-20(22)25)17-6-4-14-10-15(24)5-7-16(14)21(17)18/h12,14-21,24-25H,2,4-11H2,1,3H3/t12?,14?,15?,16-,17-,18+,19-,20-,21+,22-/m0/s1. The summed E-state index contributed by atoms with van der Waals surface area (Å²) >= 11 is 2.44. The summed E-state index contributed by atoms with van der Waals surface area (Å²) in [6.45, 7) is 9.06. The zero-order valence-electron chi connectivity index (χ0n) is 15.8. The topological polar surface area (TPSA) is 40.5 Å². The first-order valence-corrected chi connectivity index (χ1v) is 11.6. The number of aliphatic hydroxyl groups is 2. The van der Waals surface area contributed by atoms with Crippen LogP contribution in [-0.2, 0) is 0 Å². The SMILES string of the molecule is C=C(I)C(C)[C@H]1C[C@]2(C)[C@@H](O)CC[C@H]2[C@@H]2CCC3CC(O)CC[C@@H]3[C@H]21. The highest BCUT2D eigenvalue weighted by Gasteiger charge is 2.60. The van der Waals surface area contributed by atoms with E-state index in [1.54, 1.807) is 0 Å². The van der Waals surface area contributed by atoms with Gasteiger partial charge in [0, 0.05) is 0 Å². The molecule has 0 aromatic rings. The van der Waals surface area contributed by atoms with E-state index < -0.39 is 0 Å². The van der Waals surface area contributed by atoms with E-state index in [1.807, 2.05) is 0 Å². The quantitative estimate of drug-likeness (QED) is 0.561. The van der Waals surface area contributed by atoms with E-state index in [0.29, 0.717) is 17.8 Å². The molecule has 0 radical (unpaired) electrons. The van der Waals surface area contributed by atoms with Crippen LogP contribution in [0.5, 0.6) is 0 Å². The maximum absolute atomic E-state index is 10.8. The Morgan fingerprint density at radius 2 is 1.80 bits per heavy atom. The normalized spacial score (nSPS) is 53.5. The highest BCUT2D eigenvalue weighted by molar-refractivity contribution is 14.1. The molecular weight excluding hydrogens is 423 g/mol. The summed E-state index contributed by atoms with van der Waals surface area (Å²) in [6, 6.07) is 0. The number of hydrogen-bond acceptors (Lipinski definition) is 2. The minimum atomic E-state index is -0.110. The summed E-state index contributed by atoms with van der Waals surface area (Å²) in [5, 5.41) is 21.0. The Hall–Kier alpha value is 0.390. The summed E-state index contributed by atoms with van der Waals surface area (Å²) in [4.78, 5) is 0. The van der Waals surface area contributed by atoms with Gasteiger partial charge in [-0.05, 0) is 124 Å². The highest BCUT2D eigenvalue weighted by atomic mass is 127. The van der Waals surface area contributed by atoms with E-state index in [2.05, 4.69) is 43.0 Å². The molecular formula is C22H35IO2. The third-order valence-electron chi connectivity index (χ3n) is 9.06. The van der Waals surface area contributed by atoms with E-state index in [0.717, 1.165) is 42.9 Å². The lowest BCUT2D eigenvalue weighted by Crippen LogP contribution is -2.54. The molecule has 0 saturated heterocycles. The Morgan fingerprint density at radius 1 is 1.08 bits per heavy atom. The minimum Gasteiger partial charge on any atom is -0.393 e. The van der Waals surface area contributed by atoms with Crippen LogP contribution in [0.2, 0.25) is 0 Å². The molecule has 4 aliphatic carbocycles. The molecule has 0 spiro atoms. The van der Waals surface area contributed by atoms with Crippen LogP contribution in [0.25, 0.3) is 0 Å². The van der Waals surface area contributed by atoms with Crippen LogP contribution in [0, 0.1) is 46.8 Å². The Bertz CT molecular complexity index is 534. The van der Waals surface area contributed by atoms with Crippen LogP contribution in [0.4, 0.5) is 0 Å². The van der Waals surface area contributed by atoms with Crippen LogP contribution < -0.4 is 0 Å². The molecule has 0 aromatic carbocycles. The average molecular weight is 458 g/mol. The third kappa shape index (κ3) is 2.95. The van der Waals surface area contributed by atoms with Gasteiger partial charge in [-0.1, -0.05) is 20.4 Å². The van der Waals surface area contributed by atoms with Crippen LogP contribution in [0.3, 0.4) is 0 Å². The molecule has 0 heterocycles. The van der Waals surface area contributed by atoms with Crippen LogP contribution >= 0.6 is 22.6 Å². The molecule has 2 N–H and O–H groups in total. The average Bonchev–Trinajstić information content (AvgIpc) is 2.88. The molecule has 0 amide bonds. The van der Waals surface area contributed by atoms with E-state index in [9.17, 15) is 10.2 Å². The smallest absolute Gasteiger partial charge is 0.0596 e. The zero-order chi connectivity index (χ0) is 17.9. The second kappa shape index (κ2) is 6.77. The number of hydrogen-bond donors (Lipinski definition) is 2. The molecule has 3 unspecified atom stereocenters. The Morgan fingerprint density at radius 3 is 2.52 bits per heavy atom. The van der Waals surface area contributed by atoms with E-state index >= 15 is 0 Å². The molecule has 10 atom stereocenters. The molecule has 0 aliphatic heterocycles. The number of rotatable bonds is 2. The number of allylic oxidation sites excluding steroid dienone is 1. The van der Waals surface area contributed by atoms with E-state index in [-0.39, 0.29) is 17.6 Å². The van der Waals surface area contributed by atoms with Gasteiger partial charge in [0.15, 0.2) is 0 Å². The summed E-state index contributed by atoms with van der Waals surface area (Å²) in [6.07, 6.45) is 9.11. The van der Waals surface area contributed by atoms with Crippen molar-refractivity contribution in [2.24, 2.45) is 46.8 Å². The van der Waals surface area contributed by atoms with Crippen molar-refractivity contribution in [3.63, 3.8) is 0 Å².